The minimum atomic E-state index is 0.931. The number of nitrogens with zero attached hydrogens (tertiary/aromatic N) is 1. The Morgan fingerprint density at radius 1 is 1.09 bits per heavy atom. The van der Waals surface area contributed by atoms with E-state index in [1.165, 1.54) is 25.9 Å². The zero-order chi connectivity index (χ0) is 7.42. The summed E-state index contributed by atoms with van der Waals surface area (Å²) in [6, 6.07) is 1.86. The first-order chi connectivity index (χ1) is 5.38. The second-order valence-corrected chi connectivity index (χ2v) is 4.36. The molecule has 62 valence electrons. The van der Waals surface area contributed by atoms with E-state index >= 15 is 0 Å². The van der Waals surface area contributed by atoms with Gasteiger partial charge >= 0.3 is 0 Å². The molecule has 4 atom stereocenters. The van der Waals surface area contributed by atoms with Gasteiger partial charge in [-0.25, -0.2) is 0 Å². The van der Waals surface area contributed by atoms with Crippen LogP contribution in [0.2, 0.25) is 0 Å². The smallest absolute Gasteiger partial charge is 0.0140 e. The van der Waals surface area contributed by atoms with E-state index in [0.29, 0.717) is 0 Å². The lowest BCUT2D eigenvalue weighted by Crippen LogP contribution is -2.30. The molecule has 2 heteroatoms. The lowest BCUT2D eigenvalue weighted by molar-refractivity contribution is 0.281. The van der Waals surface area contributed by atoms with E-state index in [-0.39, 0.29) is 0 Å². The predicted molar refractivity (Wildman–Crippen MR) is 44.4 cm³/mol. The summed E-state index contributed by atoms with van der Waals surface area (Å²) in [5.41, 5.74) is 0. The lowest BCUT2D eigenvalue weighted by Gasteiger charge is -2.20. The average molecular weight is 152 g/mol. The highest BCUT2D eigenvalue weighted by molar-refractivity contribution is 5.07. The highest BCUT2D eigenvalue weighted by atomic mass is 15.2. The molecule has 3 aliphatic rings. The number of rotatable bonds is 0. The zero-order valence-electron chi connectivity index (χ0n) is 7.09. The van der Waals surface area contributed by atoms with E-state index in [4.69, 9.17) is 0 Å². The van der Waals surface area contributed by atoms with Gasteiger partial charge in [0.05, 0.1) is 0 Å². The Bertz CT molecular complexity index is 153. The molecule has 2 nitrogen and oxygen atoms in total. The van der Waals surface area contributed by atoms with Crippen molar-refractivity contribution in [3.8, 4) is 0 Å². The van der Waals surface area contributed by atoms with Gasteiger partial charge in [-0.05, 0) is 44.8 Å². The van der Waals surface area contributed by atoms with Crippen LogP contribution in [-0.4, -0.2) is 37.1 Å². The lowest BCUT2D eigenvalue weighted by atomic mass is 9.82. The van der Waals surface area contributed by atoms with E-state index in [9.17, 15) is 0 Å². The van der Waals surface area contributed by atoms with Crippen molar-refractivity contribution in [2.75, 3.05) is 20.1 Å². The second kappa shape index (κ2) is 1.99. The van der Waals surface area contributed by atoms with Gasteiger partial charge in [0.25, 0.3) is 0 Å². The molecule has 0 aromatic carbocycles. The van der Waals surface area contributed by atoms with E-state index in [1.807, 2.05) is 0 Å². The fourth-order valence-electron chi connectivity index (χ4n) is 3.59. The number of nitrogens with one attached hydrogen (secondary N) is 1. The molecule has 3 heterocycles. The standard InChI is InChI=1S/C9H16N2/c1-11-8-2-3-9(11)7-5-10-4-6(7)8/h6-10H,2-5H2,1H3/t6-,7+,8-,9+. The minimum absolute atomic E-state index is 0.931. The van der Waals surface area contributed by atoms with Crippen LogP contribution in [0.15, 0.2) is 0 Å². The van der Waals surface area contributed by atoms with Crippen LogP contribution in [0, 0.1) is 11.8 Å². The van der Waals surface area contributed by atoms with Crippen molar-refractivity contribution in [3.05, 3.63) is 0 Å². The molecule has 1 N–H and O–H groups in total. The fourth-order valence-corrected chi connectivity index (χ4v) is 3.59. The van der Waals surface area contributed by atoms with Gasteiger partial charge in [-0.3, -0.25) is 4.90 Å². The first kappa shape index (κ1) is 6.44. The maximum atomic E-state index is 3.52. The summed E-state index contributed by atoms with van der Waals surface area (Å²) in [4.78, 5) is 2.64. The molecule has 3 saturated heterocycles. The quantitative estimate of drug-likeness (QED) is 0.537. The second-order valence-electron chi connectivity index (χ2n) is 4.36. The molecule has 0 radical (unpaired) electrons. The zero-order valence-corrected chi connectivity index (χ0v) is 7.09. The summed E-state index contributed by atoms with van der Waals surface area (Å²) in [6.45, 7) is 2.58. The largest absolute Gasteiger partial charge is 0.316 e. The molecule has 11 heavy (non-hydrogen) atoms. The van der Waals surface area contributed by atoms with Crippen molar-refractivity contribution in [2.24, 2.45) is 11.8 Å². The first-order valence-electron chi connectivity index (χ1n) is 4.80. The topological polar surface area (TPSA) is 15.3 Å². The summed E-state index contributed by atoms with van der Waals surface area (Å²) in [5, 5.41) is 3.52. The molecule has 0 saturated carbocycles. The number of hydrogen-bond donors (Lipinski definition) is 1. The number of fused-ring (bicyclic) bond motifs is 5. The average Bonchev–Trinajstić information content (AvgIpc) is 2.61. The van der Waals surface area contributed by atoms with Crippen LogP contribution >= 0.6 is 0 Å². The van der Waals surface area contributed by atoms with Crippen LogP contribution in [0.1, 0.15) is 12.8 Å². The van der Waals surface area contributed by atoms with Crippen molar-refractivity contribution in [3.63, 3.8) is 0 Å². The fraction of sp³-hybridized carbons (Fsp3) is 1.00. The predicted octanol–water partition coefficient (Wildman–Crippen LogP) is 0.298. The van der Waals surface area contributed by atoms with Gasteiger partial charge < -0.3 is 5.32 Å². The Hall–Kier alpha value is -0.0800. The SMILES string of the molecule is CN1[C@@H]2CC[C@H]1[C@H]1CNC[C@H]12. The number of hydrogen-bond acceptors (Lipinski definition) is 2. The van der Waals surface area contributed by atoms with Crippen LogP contribution in [0.5, 0.6) is 0 Å². The Balaban J connectivity index is 1.94. The summed E-state index contributed by atoms with van der Waals surface area (Å²) in [5.74, 6) is 2.00. The van der Waals surface area contributed by atoms with Gasteiger partial charge in [-0.15, -0.1) is 0 Å². The third kappa shape index (κ3) is 0.651. The summed E-state index contributed by atoms with van der Waals surface area (Å²) in [7, 11) is 2.32. The summed E-state index contributed by atoms with van der Waals surface area (Å²) in [6.07, 6.45) is 2.92. The molecular weight excluding hydrogens is 136 g/mol. The Labute approximate surface area is 68.0 Å². The van der Waals surface area contributed by atoms with E-state index < -0.39 is 0 Å². The van der Waals surface area contributed by atoms with E-state index in [1.54, 1.807) is 0 Å². The summed E-state index contributed by atoms with van der Waals surface area (Å²) >= 11 is 0. The Morgan fingerprint density at radius 2 is 1.64 bits per heavy atom. The molecule has 2 bridgehead atoms. The molecule has 0 spiro atoms. The highest BCUT2D eigenvalue weighted by Gasteiger charge is 2.52. The van der Waals surface area contributed by atoms with Crippen molar-refractivity contribution >= 4 is 0 Å². The molecule has 0 amide bonds. The van der Waals surface area contributed by atoms with Gasteiger partial charge in [0, 0.05) is 12.1 Å². The molecule has 0 aliphatic carbocycles. The molecular formula is C9H16N2. The Kier molecular flexibility index (Phi) is 1.16. The van der Waals surface area contributed by atoms with Gasteiger partial charge in [-0.1, -0.05) is 0 Å². The van der Waals surface area contributed by atoms with Crippen molar-refractivity contribution in [1.82, 2.24) is 10.2 Å². The molecule has 3 fully saturated rings. The van der Waals surface area contributed by atoms with Crippen LogP contribution in [0.25, 0.3) is 0 Å². The molecule has 0 aromatic heterocycles. The van der Waals surface area contributed by atoms with Crippen LogP contribution in [0.4, 0.5) is 0 Å². The highest BCUT2D eigenvalue weighted by Crippen LogP contribution is 2.45. The van der Waals surface area contributed by atoms with Gasteiger partial charge in [0.15, 0.2) is 0 Å². The third-order valence-electron chi connectivity index (χ3n) is 4.10. The van der Waals surface area contributed by atoms with Crippen LogP contribution in [-0.2, 0) is 0 Å². The van der Waals surface area contributed by atoms with E-state index in [0.717, 1.165) is 23.9 Å². The molecule has 3 rings (SSSR count). The van der Waals surface area contributed by atoms with Crippen LogP contribution < -0.4 is 5.32 Å². The minimum Gasteiger partial charge on any atom is -0.316 e. The van der Waals surface area contributed by atoms with Gasteiger partial charge in [0.2, 0.25) is 0 Å². The maximum absolute atomic E-state index is 3.52. The van der Waals surface area contributed by atoms with Crippen molar-refractivity contribution in [1.29, 1.82) is 0 Å². The molecule has 0 unspecified atom stereocenters. The van der Waals surface area contributed by atoms with Crippen molar-refractivity contribution < 1.29 is 0 Å². The van der Waals surface area contributed by atoms with Crippen molar-refractivity contribution in [2.45, 2.75) is 24.9 Å². The molecule has 3 aliphatic heterocycles. The monoisotopic (exact) mass is 152 g/mol. The Morgan fingerprint density at radius 3 is 2.18 bits per heavy atom. The molecule has 0 aromatic rings. The van der Waals surface area contributed by atoms with E-state index in [2.05, 4.69) is 17.3 Å². The summed E-state index contributed by atoms with van der Waals surface area (Å²) < 4.78 is 0. The normalized spacial score (nSPS) is 55.4. The van der Waals surface area contributed by atoms with Crippen LogP contribution in [0.3, 0.4) is 0 Å². The van der Waals surface area contributed by atoms with Gasteiger partial charge in [-0.2, -0.15) is 0 Å². The first-order valence-corrected chi connectivity index (χ1v) is 4.80. The maximum Gasteiger partial charge on any atom is 0.0140 e. The van der Waals surface area contributed by atoms with Gasteiger partial charge in [0.1, 0.15) is 0 Å². The third-order valence-corrected chi connectivity index (χ3v) is 4.10.